The summed E-state index contributed by atoms with van der Waals surface area (Å²) in [5.41, 5.74) is 7.87. The van der Waals surface area contributed by atoms with Crippen molar-refractivity contribution in [3.63, 3.8) is 0 Å². The molecule has 0 radical (unpaired) electrons. The number of ether oxygens (including phenoxy) is 12. The molecule has 6 atom stereocenters. The third-order valence-corrected chi connectivity index (χ3v) is 21.6. The topological polar surface area (TPSA) is 375 Å². The minimum absolute atomic E-state index is 0.111. The van der Waals surface area contributed by atoms with E-state index >= 15 is 0 Å². The number of carbonyl (C=O) groups excluding carboxylic acids is 6. The number of hydrogen-bond acceptors (Lipinski definition) is 30. The third kappa shape index (κ3) is 34.5. The largest absolute Gasteiger partial charge is 0.462 e. The molecule has 132 heavy (non-hydrogen) atoms. The number of nitrogens with zero attached hydrogens (tertiary/aromatic N) is 12. The van der Waals surface area contributed by atoms with Gasteiger partial charge in [-0.1, -0.05) is 72.8 Å². The van der Waals surface area contributed by atoms with Crippen molar-refractivity contribution in [1.29, 1.82) is 31.6 Å². The minimum atomic E-state index is -0.719. The third-order valence-electron chi connectivity index (χ3n) is 21.6. The summed E-state index contributed by atoms with van der Waals surface area (Å²) in [7, 11) is 11.7. The lowest BCUT2D eigenvalue weighted by Gasteiger charge is -2.37. The Balaban J connectivity index is 1.35. The van der Waals surface area contributed by atoms with Crippen LogP contribution in [0.2, 0.25) is 0 Å². The second-order valence-corrected chi connectivity index (χ2v) is 30.6. The van der Waals surface area contributed by atoms with Crippen LogP contribution in [0, 0.1) is 68.0 Å². The maximum atomic E-state index is 12.6. The molecule has 0 amide bonds. The van der Waals surface area contributed by atoms with Crippen LogP contribution in [0.25, 0.3) is 36.5 Å². The predicted molar refractivity (Wildman–Crippen MR) is 506 cm³/mol. The molecule has 0 heterocycles. The van der Waals surface area contributed by atoms with Crippen molar-refractivity contribution in [3.05, 3.63) is 212 Å². The fraction of sp³-hybridized carbons (Fsp3) is 0.412. The van der Waals surface area contributed by atoms with Gasteiger partial charge in [-0.3, -0.25) is 0 Å². The van der Waals surface area contributed by atoms with Crippen LogP contribution in [0.15, 0.2) is 179 Å². The van der Waals surface area contributed by atoms with Gasteiger partial charge in [0.25, 0.3) is 0 Å². The molecule has 1 saturated carbocycles. The Labute approximate surface area is 775 Å². The molecule has 1 fully saturated rings. The molecule has 1 aliphatic rings. The normalized spacial score (nSPS) is 16.2. The molecule has 6 unspecified atom stereocenters. The van der Waals surface area contributed by atoms with E-state index in [2.05, 4.69) is 0 Å². The molecular weight excluding hydrogens is 1680 g/mol. The maximum absolute atomic E-state index is 12.6. The van der Waals surface area contributed by atoms with Gasteiger partial charge < -0.3 is 86.2 Å². The van der Waals surface area contributed by atoms with Gasteiger partial charge in [-0.15, -0.1) is 0 Å². The van der Waals surface area contributed by atoms with E-state index < -0.39 is 72.4 Å². The average molecular weight is 1800 g/mol. The molecule has 0 saturated heterocycles. The van der Waals surface area contributed by atoms with E-state index in [1.807, 2.05) is 254 Å². The fourth-order valence-corrected chi connectivity index (χ4v) is 14.1. The van der Waals surface area contributed by atoms with Crippen LogP contribution < -0.4 is 29.4 Å². The van der Waals surface area contributed by atoms with Gasteiger partial charge in [0, 0.05) is 116 Å². The SMILES string of the molecule is CCOC(=O)/C(C#N)=C/c1ccc(N(C)CCOC2CCC(OCCN(C)c3ccc(/C=C(\C#N)C(=O)OCC)cc3)C(OCCN(C)c3ccc(/C=C(\C#N)C(=O)OCC)cc3)CCC(OCCN(C)c3ccc(/C=C(\C#N)C(=O)OCC)cc3)C(OCCN(C)c3ccc(/C=C(\C#N)C(=O)OCC)cc3)CCC2OCCN(C)c2ccc(/C=C(\C#N)C(=O)OCC)cc2)cc1. The predicted octanol–water partition coefficient (Wildman–Crippen LogP) is 14.3. The summed E-state index contributed by atoms with van der Waals surface area (Å²) < 4.78 is 74.5. The van der Waals surface area contributed by atoms with Crippen LogP contribution in [-0.4, -0.2) is 233 Å². The minimum Gasteiger partial charge on any atom is -0.462 e. The number of benzene rings is 6. The molecule has 0 aliphatic heterocycles. The Morgan fingerprint density at radius 3 is 0.470 bits per heavy atom. The van der Waals surface area contributed by atoms with E-state index in [0.29, 0.717) is 111 Å². The number of hydrogen-bond donors (Lipinski definition) is 0. The first kappa shape index (κ1) is 105. The van der Waals surface area contributed by atoms with Gasteiger partial charge in [0.2, 0.25) is 0 Å². The number of esters is 6. The summed E-state index contributed by atoms with van der Waals surface area (Å²) in [5.74, 6) is -4.31. The van der Waals surface area contributed by atoms with Gasteiger partial charge in [0.1, 0.15) is 69.9 Å². The molecule has 0 spiro atoms. The second kappa shape index (κ2) is 57.2. The molecule has 6 aromatic carbocycles. The lowest BCUT2D eigenvalue weighted by Crippen LogP contribution is -2.43. The molecule has 0 N–H and O–H groups in total. The van der Waals surface area contributed by atoms with Gasteiger partial charge in [0.05, 0.1) is 116 Å². The summed E-state index contributed by atoms with van der Waals surface area (Å²) in [6, 6.07) is 56.2. The van der Waals surface area contributed by atoms with E-state index in [9.17, 15) is 60.3 Å². The molecule has 1 aliphatic carbocycles. The average Bonchev–Trinajstić information content (AvgIpc) is 0.861. The summed E-state index contributed by atoms with van der Waals surface area (Å²) in [6.45, 7) is 14.3. The van der Waals surface area contributed by atoms with Crippen molar-refractivity contribution in [2.75, 3.05) is 190 Å². The lowest BCUT2D eigenvalue weighted by molar-refractivity contribution is -0.138. The van der Waals surface area contributed by atoms with Crippen molar-refractivity contribution in [1.82, 2.24) is 0 Å². The highest BCUT2D eigenvalue weighted by Gasteiger charge is 2.35. The van der Waals surface area contributed by atoms with Crippen LogP contribution in [0.4, 0.5) is 34.1 Å². The Morgan fingerprint density at radius 2 is 0.364 bits per heavy atom. The number of anilines is 6. The summed E-state index contributed by atoms with van der Waals surface area (Å²) in [4.78, 5) is 88.1. The van der Waals surface area contributed by atoms with Gasteiger partial charge in [-0.05, 0) is 223 Å². The molecule has 30 heteroatoms. The first-order valence-corrected chi connectivity index (χ1v) is 44.2. The zero-order chi connectivity index (χ0) is 95.7. The van der Waals surface area contributed by atoms with Crippen molar-refractivity contribution in [2.45, 2.75) is 117 Å². The van der Waals surface area contributed by atoms with E-state index in [1.54, 1.807) is 41.5 Å². The van der Waals surface area contributed by atoms with Crippen LogP contribution >= 0.6 is 0 Å². The Morgan fingerprint density at radius 1 is 0.242 bits per heavy atom. The molecule has 696 valence electrons. The number of rotatable bonds is 48. The van der Waals surface area contributed by atoms with E-state index in [0.717, 1.165) is 34.1 Å². The summed E-state index contributed by atoms with van der Waals surface area (Å²) >= 11 is 0. The van der Waals surface area contributed by atoms with Crippen LogP contribution in [0.1, 0.15) is 113 Å². The quantitative estimate of drug-likeness (QED) is 0.0148. The molecule has 0 bridgehead atoms. The van der Waals surface area contributed by atoms with Crippen LogP contribution in [-0.2, 0) is 85.6 Å². The summed E-state index contributed by atoms with van der Waals surface area (Å²) in [5, 5.41) is 59.1. The highest BCUT2D eigenvalue weighted by atomic mass is 16.6. The highest BCUT2D eigenvalue weighted by molar-refractivity contribution is 6.01. The van der Waals surface area contributed by atoms with E-state index in [1.165, 1.54) is 36.5 Å². The van der Waals surface area contributed by atoms with E-state index in [4.69, 9.17) is 56.8 Å². The van der Waals surface area contributed by atoms with Crippen LogP contribution in [0.5, 0.6) is 0 Å². The standard InChI is InChI=1S/C102H120N12O18/c1-13-121-97(115)79(67-103)61-73-19-31-85(32-20-73)109(7)49-55-127-91-43-44-93(129-57-51-111(9)87-35-23-75(24-36-87)63-81(69-105)99(117)123-15-3)95(131-59-53-113(11)89-39-27-77(28-40-89)65-83(71-107)101(119)125-17-5)47-48-96(132-60-54-114(12)90-41-29-78(30-42-90)66-84(72-108)102(120)126-18-6)94(130-58-52-112(10)88-37-25-76(26-38-88)64-82(70-106)100(118)124-16-4)46-45-92(91)128-56-50-110(8)86-33-21-74(22-34-86)62-80(68-104)98(116)122-14-2/h19-42,61-66,91-96H,13-18,43-60H2,1-12H3/b79-61+,80-62+,81-63+,82-64+,83-65+,84-66+. The Hall–Kier alpha value is -13.9. The number of nitriles is 6. The van der Waals surface area contributed by atoms with Crippen LogP contribution in [0.3, 0.4) is 0 Å². The maximum Gasteiger partial charge on any atom is 0.348 e. The zero-order valence-corrected chi connectivity index (χ0v) is 77.5. The lowest BCUT2D eigenvalue weighted by atomic mass is 9.92. The first-order valence-electron chi connectivity index (χ1n) is 44.2. The Kier molecular flexibility index (Phi) is 45.6. The molecule has 0 aromatic heterocycles. The van der Waals surface area contributed by atoms with Gasteiger partial charge >= 0.3 is 35.8 Å². The summed E-state index contributed by atoms with van der Waals surface area (Å²) in [6.07, 6.45) is 7.53. The van der Waals surface area contributed by atoms with Gasteiger partial charge in [-0.25, -0.2) is 28.8 Å². The second-order valence-electron chi connectivity index (χ2n) is 30.6. The van der Waals surface area contributed by atoms with Crippen molar-refractivity contribution in [2.24, 2.45) is 0 Å². The molecule has 7 rings (SSSR count). The van der Waals surface area contributed by atoms with Crippen molar-refractivity contribution >= 4 is 106 Å². The van der Waals surface area contributed by atoms with Crippen molar-refractivity contribution in [3.8, 4) is 36.4 Å². The van der Waals surface area contributed by atoms with E-state index in [-0.39, 0.29) is 113 Å². The van der Waals surface area contributed by atoms with Gasteiger partial charge in [-0.2, -0.15) is 31.6 Å². The number of likely N-dealkylation sites (N-methyl/N-ethyl adjacent to an activating group) is 6. The molecule has 6 aromatic rings. The van der Waals surface area contributed by atoms with Gasteiger partial charge in [0.15, 0.2) is 0 Å². The molecule has 30 nitrogen and oxygen atoms in total. The number of carbonyl (C=O) groups is 6. The zero-order valence-electron chi connectivity index (χ0n) is 77.5. The smallest absolute Gasteiger partial charge is 0.348 e. The Bertz CT molecular complexity index is 4360. The fourth-order valence-electron chi connectivity index (χ4n) is 14.1. The highest BCUT2D eigenvalue weighted by Crippen LogP contribution is 2.31. The van der Waals surface area contributed by atoms with Crippen molar-refractivity contribution < 1.29 is 85.6 Å². The molecular formula is C102H120N12O18. The monoisotopic (exact) mass is 1800 g/mol. The first-order chi connectivity index (χ1) is 63.9.